The molecule has 3 unspecified atom stereocenters. The average Bonchev–Trinajstić information content (AvgIpc) is 2.99. The Morgan fingerprint density at radius 1 is 1.40 bits per heavy atom. The molecule has 3 atom stereocenters. The van der Waals surface area contributed by atoms with Crippen molar-refractivity contribution in [3.05, 3.63) is 29.3 Å². The van der Waals surface area contributed by atoms with Gasteiger partial charge in [-0.1, -0.05) is 18.6 Å². The molecule has 2 N–H and O–H groups in total. The summed E-state index contributed by atoms with van der Waals surface area (Å²) in [4.78, 5) is 4.45. The molecule has 1 aromatic rings. The van der Waals surface area contributed by atoms with Gasteiger partial charge in [0.05, 0.1) is 13.2 Å². The quantitative estimate of drug-likeness (QED) is 0.652. The van der Waals surface area contributed by atoms with Crippen molar-refractivity contribution in [3.63, 3.8) is 0 Å². The zero-order chi connectivity index (χ0) is 17.4. The molecule has 4 rings (SSSR count). The van der Waals surface area contributed by atoms with Crippen LogP contribution < -0.4 is 15.4 Å². The third-order valence-corrected chi connectivity index (χ3v) is 6.44. The van der Waals surface area contributed by atoms with Crippen LogP contribution in [-0.2, 0) is 11.3 Å². The molecule has 3 fully saturated rings. The lowest BCUT2D eigenvalue weighted by molar-refractivity contribution is -0.171. The number of nitrogens with one attached hydrogen (secondary N) is 2. The van der Waals surface area contributed by atoms with Crippen LogP contribution in [0, 0.1) is 18.3 Å². The molecule has 0 bridgehead atoms. The van der Waals surface area contributed by atoms with Gasteiger partial charge in [-0.25, -0.2) is 0 Å². The fraction of sp³-hybridized carbons (Fsp3) is 0.650. The molecule has 136 valence electrons. The van der Waals surface area contributed by atoms with Gasteiger partial charge in [-0.15, -0.1) is 0 Å². The van der Waals surface area contributed by atoms with E-state index < -0.39 is 0 Å². The minimum Gasteiger partial charge on any atom is -0.496 e. The van der Waals surface area contributed by atoms with Crippen LogP contribution in [0.5, 0.6) is 5.75 Å². The van der Waals surface area contributed by atoms with Gasteiger partial charge in [-0.2, -0.15) is 0 Å². The first-order valence-corrected chi connectivity index (χ1v) is 9.40. The second kappa shape index (κ2) is 6.52. The van der Waals surface area contributed by atoms with Gasteiger partial charge in [0.2, 0.25) is 0 Å². The smallest absolute Gasteiger partial charge is 0.191 e. The summed E-state index contributed by atoms with van der Waals surface area (Å²) in [6, 6.07) is 6.81. The van der Waals surface area contributed by atoms with Crippen LogP contribution in [0.25, 0.3) is 0 Å². The van der Waals surface area contributed by atoms with Gasteiger partial charge in [0.1, 0.15) is 5.75 Å². The lowest BCUT2D eigenvalue weighted by Crippen LogP contribution is -2.72. The van der Waals surface area contributed by atoms with E-state index in [4.69, 9.17) is 9.47 Å². The molecule has 0 aromatic heterocycles. The van der Waals surface area contributed by atoms with Crippen LogP contribution in [0.1, 0.15) is 36.8 Å². The Hall–Kier alpha value is -1.75. The van der Waals surface area contributed by atoms with Crippen molar-refractivity contribution in [2.45, 2.75) is 51.3 Å². The van der Waals surface area contributed by atoms with Crippen molar-refractivity contribution in [3.8, 4) is 5.75 Å². The number of rotatable bonds is 4. The Balaban J connectivity index is 1.40. The van der Waals surface area contributed by atoms with E-state index in [0.717, 1.165) is 23.9 Å². The van der Waals surface area contributed by atoms with Crippen molar-refractivity contribution >= 4 is 5.96 Å². The zero-order valence-corrected chi connectivity index (χ0v) is 15.5. The SMILES string of the molecule is CN=C(NCc1ccc(C)cc1OC)NC1C2CCOC2C12CCC2. The number of methoxy groups -OCH3 is 1. The normalized spacial score (nSPS) is 29.6. The maximum absolute atomic E-state index is 6.01. The fourth-order valence-corrected chi connectivity index (χ4v) is 4.97. The van der Waals surface area contributed by atoms with Gasteiger partial charge < -0.3 is 20.1 Å². The van der Waals surface area contributed by atoms with Crippen molar-refractivity contribution < 1.29 is 9.47 Å². The number of guanidine groups is 1. The Morgan fingerprint density at radius 3 is 2.92 bits per heavy atom. The second-order valence-corrected chi connectivity index (χ2v) is 7.69. The molecule has 3 aliphatic rings. The molecule has 2 saturated carbocycles. The number of aliphatic imine (C=N–C) groups is 1. The van der Waals surface area contributed by atoms with Crippen molar-refractivity contribution in [1.29, 1.82) is 0 Å². The third kappa shape index (κ3) is 2.69. The Labute approximate surface area is 150 Å². The zero-order valence-electron chi connectivity index (χ0n) is 15.5. The van der Waals surface area contributed by atoms with Crippen LogP contribution in [0.4, 0.5) is 0 Å². The number of hydrogen-bond donors (Lipinski definition) is 2. The maximum atomic E-state index is 6.01. The van der Waals surface area contributed by atoms with Crippen LogP contribution in [0.2, 0.25) is 0 Å². The highest BCUT2D eigenvalue weighted by Crippen LogP contribution is 2.62. The summed E-state index contributed by atoms with van der Waals surface area (Å²) in [6.07, 6.45) is 5.56. The summed E-state index contributed by atoms with van der Waals surface area (Å²) in [5.41, 5.74) is 2.71. The molecule has 5 heteroatoms. The van der Waals surface area contributed by atoms with Crippen molar-refractivity contribution in [1.82, 2.24) is 10.6 Å². The predicted molar refractivity (Wildman–Crippen MR) is 99.0 cm³/mol. The van der Waals surface area contributed by atoms with E-state index in [1.165, 1.54) is 31.2 Å². The molecule has 1 spiro atoms. The lowest BCUT2D eigenvalue weighted by Gasteiger charge is -2.63. The number of fused-ring (bicyclic) bond motifs is 2. The summed E-state index contributed by atoms with van der Waals surface area (Å²) in [6.45, 7) is 3.70. The number of ether oxygens (including phenoxy) is 2. The Kier molecular flexibility index (Phi) is 4.36. The summed E-state index contributed by atoms with van der Waals surface area (Å²) < 4.78 is 11.5. The van der Waals surface area contributed by atoms with Crippen molar-refractivity contribution in [2.75, 3.05) is 20.8 Å². The molecule has 1 aliphatic heterocycles. The topological polar surface area (TPSA) is 54.9 Å². The largest absolute Gasteiger partial charge is 0.496 e. The van der Waals surface area contributed by atoms with Gasteiger partial charge in [-0.05, 0) is 37.8 Å². The third-order valence-electron chi connectivity index (χ3n) is 6.44. The summed E-state index contributed by atoms with van der Waals surface area (Å²) >= 11 is 0. The monoisotopic (exact) mass is 343 g/mol. The van der Waals surface area contributed by atoms with Gasteiger partial charge in [0.15, 0.2) is 5.96 Å². The highest BCUT2D eigenvalue weighted by atomic mass is 16.5. The Bertz CT molecular complexity index is 669. The van der Waals surface area contributed by atoms with Gasteiger partial charge in [0, 0.05) is 43.1 Å². The van der Waals surface area contributed by atoms with Crippen molar-refractivity contribution in [2.24, 2.45) is 16.3 Å². The molecule has 1 heterocycles. The van der Waals surface area contributed by atoms with Crippen LogP contribution in [-0.4, -0.2) is 38.9 Å². The van der Waals surface area contributed by atoms with Gasteiger partial charge >= 0.3 is 0 Å². The first-order valence-electron chi connectivity index (χ1n) is 9.40. The van der Waals surface area contributed by atoms with Crippen LogP contribution >= 0.6 is 0 Å². The molecule has 0 radical (unpaired) electrons. The standard InChI is InChI=1S/C20H29N3O2/c1-13-5-6-14(16(11-13)24-3)12-22-19(21-2)23-17-15-7-10-25-18(15)20(17)8-4-9-20/h5-6,11,15,17-18H,4,7-10,12H2,1-3H3,(H2,21,22,23). The summed E-state index contributed by atoms with van der Waals surface area (Å²) in [7, 11) is 3.57. The van der Waals surface area contributed by atoms with E-state index in [1.807, 2.05) is 7.05 Å². The number of hydrogen-bond acceptors (Lipinski definition) is 3. The molecule has 1 saturated heterocycles. The first-order chi connectivity index (χ1) is 12.2. The molecular formula is C20H29N3O2. The van der Waals surface area contributed by atoms with Gasteiger partial charge in [-0.3, -0.25) is 4.99 Å². The fourth-order valence-electron chi connectivity index (χ4n) is 4.97. The molecule has 2 aliphatic carbocycles. The van der Waals surface area contributed by atoms with Gasteiger partial charge in [0.25, 0.3) is 0 Å². The molecule has 0 amide bonds. The highest BCUT2D eigenvalue weighted by Gasteiger charge is 2.66. The molecule has 1 aromatic carbocycles. The Morgan fingerprint density at radius 2 is 2.24 bits per heavy atom. The highest BCUT2D eigenvalue weighted by molar-refractivity contribution is 5.80. The first kappa shape index (κ1) is 16.7. The van der Waals surface area contributed by atoms with E-state index in [1.54, 1.807) is 7.11 Å². The molecular weight excluding hydrogens is 314 g/mol. The van der Waals surface area contributed by atoms with E-state index >= 15 is 0 Å². The van der Waals surface area contributed by atoms with E-state index in [9.17, 15) is 0 Å². The lowest BCUT2D eigenvalue weighted by atomic mass is 9.46. The van der Waals surface area contributed by atoms with E-state index in [2.05, 4.69) is 40.7 Å². The second-order valence-electron chi connectivity index (χ2n) is 7.69. The molecule has 25 heavy (non-hydrogen) atoms. The summed E-state index contributed by atoms with van der Waals surface area (Å²) in [5, 5.41) is 7.17. The number of nitrogens with zero attached hydrogens (tertiary/aromatic N) is 1. The maximum Gasteiger partial charge on any atom is 0.191 e. The van der Waals surface area contributed by atoms with Crippen LogP contribution in [0.15, 0.2) is 23.2 Å². The van der Waals surface area contributed by atoms with E-state index in [-0.39, 0.29) is 0 Å². The van der Waals surface area contributed by atoms with E-state index in [0.29, 0.717) is 30.0 Å². The minimum atomic E-state index is 0.361. The number of benzene rings is 1. The summed E-state index contributed by atoms with van der Waals surface area (Å²) in [5.74, 6) is 2.45. The predicted octanol–water partition coefficient (Wildman–Crippen LogP) is 2.63. The van der Waals surface area contributed by atoms with Crippen LogP contribution in [0.3, 0.4) is 0 Å². The minimum absolute atomic E-state index is 0.361. The number of aryl methyl sites for hydroxylation is 1. The average molecular weight is 343 g/mol. The molecule has 5 nitrogen and oxygen atoms in total.